The summed E-state index contributed by atoms with van der Waals surface area (Å²) in [7, 11) is -1.84. The van der Waals surface area contributed by atoms with Gasteiger partial charge in [-0.1, -0.05) is 27.7 Å². The van der Waals surface area contributed by atoms with Crippen LogP contribution in [0.1, 0.15) is 40.5 Å². The molecule has 0 aromatic heterocycles. The predicted octanol–water partition coefficient (Wildman–Crippen LogP) is 3.81. The van der Waals surface area contributed by atoms with Crippen molar-refractivity contribution in [3.05, 3.63) is 0 Å². The predicted molar refractivity (Wildman–Crippen MR) is 68.3 cm³/mol. The molecule has 0 aromatic rings. The van der Waals surface area contributed by atoms with Gasteiger partial charge in [-0.15, -0.1) is 0 Å². The van der Waals surface area contributed by atoms with Crippen LogP contribution in [-0.2, 0) is 8.85 Å². The van der Waals surface area contributed by atoms with E-state index in [2.05, 4.69) is 40.8 Å². The van der Waals surface area contributed by atoms with E-state index in [1.54, 1.807) is 0 Å². The molecule has 0 heterocycles. The average Bonchev–Trinajstić information content (AvgIpc) is 2.01. The largest absolute Gasteiger partial charge is 0.394 e. The van der Waals surface area contributed by atoms with Crippen LogP contribution in [0.3, 0.4) is 0 Å². The van der Waals surface area contributed by atoms with Crippen molar-refractivity contribution < 1.29 is 8.85 Å². The lowest BCUT2D eigenvalue weighted by Gasteiger charge is -2.23. The number of hydrogen-bond donors (Lipinski definition) is 0. The summed E-state index contributed by atoms with van der Waals surface area (Å²) in [4.78, 5) is 0. The molecule has 3 heteroatoms. The van der Waals surface area contributed by atoms with Crippen molar-refractivity contribution in [2.24, 2.45) is 11.8 Å². The molecule has 0 amide bonds. The van der Waals surface area contributed by atoms with Crippen molar-refractivity contribution in [2.45, 2.75) is 53.6 Å². The first kappa shape index (κ1) is 15.1. The minimum Gasteiger partial charge on any atom is -0.394 e. The zero-order valence-electron chi connectivity index (χ0n) is 11.3. The van der Waals surface area contributed by atoms with Gasteiger partial charge in [0.2, 0.25) is 0 Å². The van der Waals surface area contributed by atoms with Gasteiger partial charge in [-0.25, -0.2) is 0 Å². The maximum atomic E-state index is 5.84. The van der Waals surface area contributed by atoms with Crippen LogP contribution < -0.4 is 0 Å². The van der Waals surface area contributed by atoms with Crippen molar-refractivity contribution in [1.29, 1.82) is 0 Å². The normalized spacial score (nSPS) is 12.8. The van der Waals surface area contributed by atoms with Crippen LogP contribution in [0.25, 0.3) is 0 Å². The first-order valence-electron chi connectivity index (χ1n) is 6.11. The summed E-state index contributed by atoms with van der Waals surface area (Å²) in [6.07, 6.45) is 2.26. The second kappa shape index (κ2) is 7.42. The van der Waals surface area contributed by atoms with Crippen LogP contribution in [0.2, 0.25) is 13.1 Å². The van der Waals surface area contributed by atoms with Gasteiger partial charge in [-0.2, -0.15) is 0 Å². The van der Waals surface area contributed by atoms with Gasteiger partial charge >= 0.3 is 8.56 Å². The molecule has 0 bridgehead atoms. The molecule has 0 fully saturated rings. The van der Waals surface area contributed by atoms with Gasteiger partial charge in [-0.3, -0.25) is 0 Å². The second-order valence-corrected chi connectivity index (χ2v) is 8.84. The molecular weight excluding hydrogens is 204 g/mol. The van der Waals surface area contributed by atoms with E-state index in [-0.39, 0.29) is 0 Å². The Balaban J connectivity index is 3.57. The molecular formula is C12H28O2Si. The molecule has 0 atom stereocenters. The van der Waals surface area contributed by atoms with Gasteiger partial charge in [0.15, 0.2) is 0 Å². The Kier molecular flexibility index (Phi) is 7.48. The van der Waals surface area contributed by atoms with Crippen LogP contribution in [0.5, 0.6) is 0 Å². The smallest absolute Gasteiger partial charge is 0.331 e. The van der Waals surface area contributed by atoms with Crippen LogP contribution >= 0.6 is 0 Å². The second-order valence-electron chi connectivity index (χ2n) is 5.46. The van der Waals surface area contributed by atoms with Gasteiger partial charge < -0.3 is 8.85 Å². The fraction of sp³-hybridized carbons (Fsp3) is 1.00. The maximum Gasteiger partial charge on any atom is 0.331 e. The molecule has 0 saturated heterocycles. The van der Waals surface area contributed by atoms with E-state index >= 15 is 0 Å². The third kappa shape index (κ3) is 10.4. The summed E-state index contributed by atoms with van der Waals surface area (Å²) in [6.45, 7) is 14.8. The van der Waals surface area contributed by atoms with Gasteiger partial charge in [0, 0.05) is 13.2 Å². The van der Waals surface area contributed by atoms with E-state index in [4.69, 9.17) is 8.85 Å². The summed E-state index contributed by atoms with van der Waals surface area (Å²) in [5.74, 6) is 1.43. The third-order valence-corrected chi connectivity index (χ3v) is 4.09. The summed E-state index contributed by atoms with van der Waals surface area (Å²) >= 11 is 0. The van der Waals surface area contributed by atoms with E-state index in [9.17, 15) is 0 Å². The van der Waals surface area contributed by atoms with Gasteiger partial charge in [-0.05, 0) is 37.8 Å². The van der Waals surface area contributed by atoms with Gasteiger partial charge in [0.1, 0.15) is 0 Å². The Morgan fingerprint density at radius 1 is 0.800 bits per heavy atom. The highest BCUT2D eigenvalue weighted by molar-refractivity contribution is 6.64. The lowest BCUT2D eigenvalue weighted by atomic mass is 10.2. The monoisotopic (exact) mass is 232 g/mol. The summed E-state index contributed by atoms with van der Waals surface area (Å²) in [5, 5.41) is 0. The highest BCUT2D eigenvalue weighted by Crippen LogP contribution is 2.11. The maximum absolute atomic E-state index is 5.84. The van der Waals surface area contributed by atoms with E-state index in [1.807, 2.05) is 0 Å². The molecule has 2 nitrogen and oxygen atoms in total. The summed E-state index contributed by atoms with van der Waals surface area (Å²) < 4.78 is 11.7. The van der Waals surface area contributed by atoms with Crippen molar-refractivity contribution in [3.63, 3.8) is 0 Å². The van der Waals surface area contributed by atoms with Crippen LogP contribution in [0.4, 0.5) is 0 Å². The molecule has 0 aromatic carbocycles. The average molecular weight is 232 g/mol. The van der Waals surface area contributed by atoms with Crippen molar-refractivity contribution in [1.82, 2.24) is 0 Å². The van der Waals surface area contributed by atoms with E-state index in [0.717, 1.165) is 26.1 Å². The van der Waals surface area contributed by atoms with Crippen molar-refractivity contribution in [3.8, 4) is 0 Å². The molecule has 0 spiro atoms. The molecule has 92 valence electrons. The zero-order valence-corrected chi connectivity index (χ0v) is 12.3. The number of hydrogen-bond acceptors (Lipinski definition) is 2. The van der Waals surface area contributed by atoms with E-state index < -0.39 is 8.56 Å². The molecule has 15 heavy (non-hydrogen) atoms. The lowest BCUT2D eigenvalue weighted by Crippen LogP contribution is -2.36. The number of rotatable bonds is 8. The minimum atomic E-state index is -1.84. The Labute approximate surface area is 96.6 Å². The standard InChI is InChI=1S/C12H28O2Si/c1-11(2)7-9-13-15(5,6)14-10-8-12(3)4/h11-12H,7-10H2,1-6H3. The minimum absolute atomic E-state index is 0.713. The molecule has 0 aliphatic rings. The quantitative estimate of drug-likeness (QED) is 0.592. The molecule has 0 saturated carbocycles. The Morgan fingerprint density at radius 2 is 1.13 bits per heavy atom. The first-order chi connectivity index (χ1) is 6.83. The third-order valence-electron chi connectivity index (χ3n) is 2.29. The van der Waals surface area contributed by atoms with Crippen molar-refractivity contribution in [2.75, 3.05) is 13.2 Å². The molecule has 0 N–H and O–H groups in total. The highest BCUT2D eigenvalue weighted by Gasteiger charge is 2.24. The lowest BCUT2D eigenvalue weighted by molar-refractivity contribution is 0.164. The van der Waals surface area contributed by atoms with Crippen LogP contribution in [-0.4, -0.2) is 21.8 Å². The van der Waals surface area contributed by atoms with E-state index in [0.29, 0.717) is 11.8 Å². The van der Waals surface area contributed by atoms with Gasteiger partial charge in [0.25, 0.3) is 0 Å². The van der Waals surface area contributed by atoms with Crippen molar-refractivity contribution >= 4 is 8.56 Å². The summed E-state index contributed by atoms with van der Waals surface area (Å²) in [6, 6.07) is 0. The van der Waals surface area contributed by atoms with Crippen LogP contribution in [0.15, 0.2) is 0 Å². The fourth-order valence-electron chi connectivity index (χ4n) is 1.12. The summed E-state index contributed by atoms with van der Waals surface area (Å²) in [5.41, 5.74) is 0. The molecule has 0 rings (SSSR count). The Morgan fingerprint density at radius 3 is 1.40 bits per heavy atom. The first-order valence-corrected chi connectivity index (χ1v) is 8.93. The van der Waals surface area contributed by atoms with Crippen LogP contribution in [0, 0.1) is 11.8 Å². The SMILES string of the molecule is CC(C)CCO[Si](C)(C)OCCC(C)C. The Hall–Kier alpha value is 0.137. The topological polar surface area (TPSA) is 18.5 Å². The molecule has 0 unspecified atom stereocenters. The van der Waals surface area contributed by atoms with E-state index in [1.165, 1.54) is 0 Å². The molecule has 0 aliphatic carbocycles. The zero-order chi connectivity index (χ0) is 11.9. The van der Waals surface area contributed by atoms with Gasteiger partial charge in [0.05, 0.1) is 0 Å². The molecule has 0 radical (unpaired) electrons. The molecule has 0 aliphatic heterocycles. The highest BCUT2D eigenvalue weighted by atomic mass is 28.4. The fourth-order valence-corrected chi connectivity index (χ4v) is 2.42. The Bertz CT molecular complexity index is 140.